The van der Waals surface area contributed by atoms with Crippen molar-refractivity contribution < 1.29 is 54.9 Å². The number of halogens is 9. The maximum Gasteiger partial charge on any atom is 0.350 e. The van der Waals surface area contributed by atoms with Gasteiger partial charge in [0, 0.05) is 224 Å². The fourth-order valence-electron chi connectivity index (χ4n) is 19.5. The Morgan fingerprint density at radius 2 is 0.840 bits per heavy atom. The average Bonchev–Trinajstić information content (AvgIpc) is 0.725. The molecule has 0 aliphatic carbocycles. The highest BCUT2D eigenvalue weighted by Gasteiger charge is 2.41. The summed E-state index contributed by atoms with van der Waals surface area (Å²) in [6.45, 7) is 30.9. The maximum atomic E-state index is 15.2. The first-order valence-electron chi connectivity index (χ1n) is 42.1. The number of amides is 3. The van der Waals surface area contributed by atoms with Crippen molar-refractivity contribution in [3.8, 4) is 39.4 Å². The van der Waals surface area contributed by atoms with Crippen LogP contribution >= 0.6 is 46.6 Å². The summed E-state index contributed by atoms with van der Waals surface area (Å²) >= 11 is 22.2. The van der Waals surface area contributed by atoms with Gasteiger partial charge in [-0.25, -0.2) is 35.9 Å². The molecule has 6 fully saturated rings. The van der Waals surface area contributed by atoms with Crippen molar-refractivity contribution in [1.29, 1.82) is 5.26 Å². The molecular weight excluding hydrogens is 1700 g/mol. The van der Waals surface area contributed by atoms with Gasteiger partial charge in [0.15, 0.2) is 0 Å². The van der Waals surface area contributed by atoms with Crippen LogP contribution in [0.15, 0.2) is 130 Å². The summed E-state index contributed by atoms with van der Waals surface area (Å²) in [5.74, 6) is -3.13. The second kappa shape index (κ2) is 37.4. The third-order valence-electron chi connectivity index (χ3n) is 25.4. The molecule has 9 aromatic rings. The van der Waals surface area contributed by atoms with Gasteiger partial charge in [0.1, 0.15) is 58.2 Å². The molecule has 3 amide bonds. The van der Waals surface area contributed by atoms with E-state index in [1.165, 1.54) is 66.4 Å². The Morgan fingerprint density at radius 3 is 1.24 bits per heavy atom. The number of aryl methyl sites for hydroxylation is 2. The monoisotopic (exact) mass is 1790 g/mol. The molecule has 34 heteroatoms. The minimum Gasteiger partial charge on any atom is -0.379 e. The zero-order chi connectivity index (χ0) is 88.1. The first kappa shape index (κ1) is 88.3. The van der Waals surface area contributed by atoms with Crippen molar-refractivity contribution >= 4 is 114 Å². The molecule has 12 heterocycles. The third-order valence-corrected chi connectivity index (χ3v) is 27.6. The van der Waals surface area contributed by atoms with E-state index >= 15 is 13.2 Å². The number of carbonyl (C=O) groups is 3. The zero-order valence-corrected chi connectivity index (χ0v) is 72.5. The molecule has 9 aliphatic heterocycles. The largest absolute Gasteiger partial charge is 0.379 e. The first-order valence-corrected chi connectivity index (χ1v) is 44.2. The summed E-state index contributed by atoms with van der Waals surface area (Å²) in [6, 6.07) is 16.7. The smallest absolute Gasteiger partial charge is 0.350 e. The summed E-state index contributed by atoms with van der Waals surface area (Å²) in [4.78, 5) is 107. The highest BCUT2D eigenvalue weighted by molar-refractivity contribution is 7.99. The van der Waals surface area contributed by atoms with Crippen LogP contribution in [0.4, 0.5) is 43.7 Å². The summed E-state index contributed by atoms with van der Waals surface area (Å²) in [5.41, 5.74) is 4.57. The van der Waals surface area contributed by atoms with Gasteiger partial charge in [-0.15, -0.1) is 11.8 Å². The molecule has 9 aliphatic rings. The molecule has 0 radical (unpaired) electrons. The number of carbonyl (C=O) groups excluding carboxylic acids is 3. The van der Waals surface area contributed by atoms with Crippen molar-refractivity contribution in [2.75, 3.05) is 178 Å². The van der Waals surface area contributed by atoms with Crippen LogP contribution in [0.5, 0.6) is 0 Å². The molecule has 0 N–H and O–H groups in total. The second-order valence-electron chi connectivity index (χ2n) is 32.9. The molecule has 3 unspecified atom stereocenters. The van der Waals surface area contributed by atoms with E-state index in [1.54, 1.807) is 46.6 Å². The Hall–Kier alpha value is -10.1. The van der Waals surface area contributed by atoms with Crippen molar-refractivity contribution in [2.24, 2.45) is 0 Å². The number of aromatic nitrogens is 5. The third kappa shape index (κ3) is 17.3. The van der Waals surface area contributed by atoms with E-state index in [-0.39, 0.29) is 86.9 Å². The van der Waals surface area contributed by atoms with E-state index in [0.717, 1.165) is 63.0 Å². The molecule has 0 bridgehead atoms. The molecular formula is C91H94Cl3F6N15O9S. The van der Waals surface area contributed by atoms with Gasteiger partial charge in [0.2, 0.25) is 17.7 Å². The van der Waals surface area contributed by atoms with Gasteiger partial charge in [-0.1, -0.05) is 54.5 Å². The standard InChI is InChI=1S/C32H32ClF2N5O3.C30H32ClF2N5O3.C29H30ClF2N5O3S/c1-3-28(41)38-8-9-39(19(2)17-38)30-24-15-26(33)29(22-6-4-20(34)14-27(22)35)23-7-5-21(18-37-10-12-43-13-11-37)40(31(23)24)32(42)25(30)16-36;1-3-26(39)36-8-9-37(18(2)16-36)29-23-15-24(31)27(21-6-4-19(32)14-25(21)33)22-7-5-20(17-35-10-12-41-13-11-35)38(28(22)23)30(40)34-29;1-3-24(38)35-6-7-36(17(2)14-35)28-21-13-22(30)25(20-5-4-18(31)12-23(20)32)27-26(21)37(29(39)33-28)19(16-41-27)15-34-8-10-40-11-9-34/h3-4,6,14-15,19,21H,1,5,7-13,17-18H2,2H3;3-4,6,14-15,18,20H,1,5,7-13,16-17H2,2H3;3-5,12-13,17,19H,1,6-11,14-16H2,2H3/t19-,21?;18-,20?;17-,19?/m000/s1. The number of thioether (sulfide) groups is 1. The van der Waals surface area contributed by atoms with Crippen LogP contribution in [-0.4, -0.2) is 252 Å². The number of hydrogen-bond donors (Lipinski definition) is 0. The lowest BCUT2D eigenvalue weighted by atomic mass is 9.87. The SMILES string of the molecule is C=CC(=O)N1CCN(c2c(C#N)c(=O)n3c4c(c(-c5ccc(F)cc5F)c(Cl)cc24)CCC3CN2CCOCC2)[C@@H](C)C1.C=CC(=O)N1CCN(c2nc(=O)n3c4c(c(-c5ccc(F)cc5F)c(Cl)cc24)CCC3CN2CCOCC2)[C@@H](C)C1.C=CC(=O)N1CCN(c2nc(=O)n3c4c(c(-c5ccc(F)cc5F)c(Cl)cc24)SCC3CN2CCOCC2)[C@@H](C)C1. The summed E-state index contributed by atoms with van der Waals surface area (Å²) in [5, 5.41) is 13.3. The highest BCUT2D eigenvalue weighted by Crippen LogP contribution is 2.51. The van der Waals surface area contributed by atoms with Crippen molar-refractivity contribution in [3.63, 3.8) is 0 Å². The van der Waals surface area contributed by atoms with E-state index in [4.69, 9.17) is 49.0 Å². The van der Waals surface area contributed by atoms with Crippen molar-refractivity contribution in [1.82, 2.24) is 53.1 Å². The number of nitrogens with zero attached hydrogens (tertiary/aromatic N) is 15. The number of ether oxygens (including phenoxy) is 3. The van der Waals surface area contributed by atoms with Crippen LogP contribution in [0, 0.1) is 46.2 Å². The van der Waals surface area contributed by atoms with Crippen LogP contribution in [0.2, 0.25) is 15.1 Å². The summed E-state index contributed by atoms with van der Waals surface area (Å²) in [7, 11) is 0. The molecule has 125 heavy (non-hydrogen) atoms. The second-order valence-corrected chi connectivity index (χ2v) is 35.2. The van der Waals surface area contributed by atoms with Crippen LogP contribution in [0.3, 0.4) is 0 Å². The number of benzene rings is 6. The Labute approximate surface area is 736 Å². The number of hydrogen-bond acceptors (Lipinski definition) is 19. The molecule has 6 saturated heterocycles. The van der Waals surface area contributed by atoms with Crippen molar-refractivity contribution in [2.45, 2.75) is 87.6 Å². The zero-order valence-electron chi connectivity index (χ0n) is 69.4. The average molecular weight is 1790 g/mol. The normalized spacial score (nSPS) is 21.1. The predicted molar refractivity (Wildman–Crippen MR) is 473 cm³/mol. The minimum atomic E-state index is -0.743. The number of anilines is 3. The Bertz CT molecular complexity index is 5820. The Morgan fingerprint density at radius 1 is 0.480 bits per heavy atom. The lowest BCUT2D eigenvalue weighted by molar-refractivity contribution is -0.127. The van der Waals surface area contributed by atoms with Gasteiger partial charge >= 0.3 is 11.4 Å². The van der Waals surface area contributed by atoms with E-state index in [9.17, 15) is 47.2 Å². The van der Waals surface area contributed by atoms with Gasteiger partial charge in [-0.3, -0.25) is 43.0 Å². The molecule has 18 rings (SSSR count). The lowest BCUT2D eigenvalue weighted by Crippen LogP contribution is -2.54. The van der Waals surface area contributed by atoms with Gasteiger partial charge in [0.25, 0.3) is 5.56 Å². The first-order chi connectivity index (χ1) is 60.2. The Balaban J connectivity index is 0.000000138. The van der Waals surface area contributed by atoms with Crippen LogP contribution < -0.4 is 31.6 Å². The number of piperazine rings is 3. The van der Waals surface area contributed by atoms with Crippen molar-refractivity contribution in [3.05, 3.63) is 209 Å². The fraction of sp³-hybridized carbons (Fsp3) is 0.418. The van der Waals surface area contributed by atoms with Gasteiger partial charge in [-0.2, -0.15) is 15.2 Å². The van der Waals surface area contributed by atoms with E-state index in [1.807, 2.05) is 35.5 Å². The summed E-state index contributed by atoms with van der Waals surface area (Å²) < 4.78 is 109. The van der Waals surface area contributed by atoms with Gasteiger partial charge in [0.05, 0.1) is 85.0 Å². The van der Waals surface area contributed by atoms with Crippen LogP contribution in [-0.2, 0) is 41.4 Å². The van der Waals surface area contributed by atoms with Gasteiger partial charge < -0.3 is 48.2 Å². The molecule has 6 aromatic carbocycles. The molecule has 0 saturated carbocycles. The predicted octanol–water partition coefficient (Wildman–Crippen LogP) is 12.7. The minimum absolute atomic E-state index is 0.0134. The number of pyridine rings is 1. The Kier molecular flexibility index (Phi) is 26.5. The van der Waals surface area contributed by atoms with E-state index in [0.29, 0.717) is 237 Å². The van der Waals surface area contributed by atoms with Crippen LogP contribution in [0.25, 0.3) is 66.1 Å². The van der Waals surface area contributed by atoms with E-state index < -0.39 is 46.2 Å². The topological polar surface area (TPSA) is 224 Å². The number of rotatable bonds is 15. The molecule has 24 nitrogen and oxygen atoms in total. The maximum absolute atomic E-state index is 15.2. The van der Waals surface area contributed by atoms with E-state index in [2.05, 4.69) is 50.5 Å². The molecule has 3 aromatic heterocycles. The lowest BCUT2D eigenvalue weighted by Gasteiger charge is -2.42. The number of nitriles is 1. The quantitative estimate of drug-likeness (QED) is 0.0687. The molecule has 6 atom stereocenters. The van der Waals surface area contributed by atoms with Gasteiger partial charge in [-0.05, 0) is 130 Å². The number of morpholine rings is 3. The molecule has 0 spiro atoms. The highest BCUT2D eigenvalue weighted by atomic mass is 35.5. The molecule has 656 valence electrons. The summed E-state index contributed by atoms with van der Waals surface area (Å²) in [6.07, 6.45) is 6.20. The fourth-order valence-corrected chi connectivity index (χ4v) is 21.8. The van der Waals surface area contributed by atoms with Crippen LogP contribution in [0.1, 0.15) is 68.4 Å².